The van der Waals surface area contributed by atoms with Crippen molar-refractivity contribution in [1.29, 1.82) is 0 Å². The van der Waals surface area contributed by atoms with E-state index < -0.39 is 0 Å². The van der Waals surface area contributed by atoms with Gasteiger partial charge in [-0.1, -0.05) is 15.9 Å². The predicted octanol–water partition coefficient (Wildman–Crippen LogP) is 2.13. The number of morpholine rings is 1. The van der Waals surface area contributed by atoms with Crippen LogP contribution in [0.4, 0.5) is 5.69 Å². The van der Waals surface area contributed by atoms with E-state index in [4.69, 9.17) is 10.5 Å². The molecule has 1 aliphatic rings. The number of ether oxygens (including phenoxy) is 1. The molecular weight excluding hydrogens is 268 g/mol. The maximum Gasteiger partial charge on any atom is 0.0722 e. The zero-order valence-corrected chi connectivity index (χ0v) is 11.0. The summed E-state index contributed by atoms with van der Waals surface area (Å²) in [5, 5.41) is 0. The number of nitrogens with zero attached hydrogens (tertiary/aromatic N) is 1. The summed E-state index contributed by atoms with van der Waals surface area (Å²) in [6.45, 7) is 5.35. The van der Waals surface area contributed by atoms with Crippen molar-refractivity contribution in [3.8, 4) is 0 Å². The molecule has 16 heavy (non-hydrogen) atoms. The molecule has 1 aromatic rings. The van der Waals surface area contributed by atoms with Crippen LogP contribution in [0.1, 0.15) is 12.5 Å². The maximum absolute atomic E-state index is 5.78. The average molecular weight is 285 g/mol. The minimum Gasteiger partial charge on any atom is -0.375 e. The van der Waals surface area contributed by atoms with Gasteiger partial charge in [-0.05, 0) is 30.7 Å². The first-order valence-corrected chi connectivity index (χ1v) is 6.35. The molecule has 1 fully saturated rings. The third-order valence-corrected chi connectivity index (χ3v) is 3.34. The number of rotatable bonds is 2. The van der Waals surface area contributed by atoms with Gasteiger partial charge in [-0.2, -0.15) is 0 Å². The van der Waals surface area contributed by atoms with Crippen molar-refractivity contribution in [3.05, 3.63) is 28.2 Å². The van der Waals surface area contributed by atoms with Crippen LogP contribution in [0.5, 0.6) is 0 Å². The van der Waals surface area contributed by atoms with Gasteiger partial charge in [0.1, 0.15) is 0 Å². The average Bonchev–Trinajstić information content (AvgIpc) is 2.28. The quantitative estimate of drug-likeness (QED) is 0.904. The van der Waals surface area contributed by atoms with Crippen molar-refractivity contribution in [2.24, 2.45) is 5.73 Å². The second-order valence-corrected chi connectivity index (χ2v) is 5.02. The standard InChI is InChI=1S/C12H17BrN2O/c1-9-8-15(4-5-16-9)12-3-2-11(13)6-10(12)7-14/h2-3,6,9H,4-5,7-8,14H2,1H3. The molecule has 1 unspecified atom stereocenters. The van der Waals surface area contributed by atoms with E-state index in [9.17, 15) is 0 Å². The minimum absolute atomic E-state index is 0.294. The van der Waals surface area contributed by atoms with Crippen molar-refractivity contribution in [1.82, 2.24) is 0 Å². The maximum atomic E-state index is 5.78. The Morgan fingerprint density at radius 1 is 1.56 bits per heavy atom. The Labute approximate surface area is 105 Å². The lowest BCUT2D eigenvalue weighted by Crippen LogP contribution is -2.41. The van der Waals surface area contributed by atoms with Gasteiger partial charge in [-0.15, -0.1) is 0 Å². The van der Waals surface area contributed by atoms with E-state index in [0.717, 1.165) is 24.2 Å². The van der Waals surface area contributed by atoms with E-state index in [1.165, 1.54) is 11.3 Å². The van der Waals surface area contributed by atoms with Crippen LogP contribution in [0, 0.1) is 0 Å². The molecule has 88 valence electrons. The first-order valence-electron chi connectivity index (χ1n) is 5.55. The Morgan fingerprint density at radius 3 is 3.06 bits per heavy atom. The number of nitrogens with two attached hydrogens (primary N) is 1. The molecule has 0 spiro atoms. The normalized spacial score (nSPS) is 21.2. The highest BCUT2D eigenvalue weighted by Gasteiger charge is 2.18. The van der Waals surface area contributed by atoms with E-state index in [1.807, 2.05) is 0 Å². The first kappa shape index (κ1) is 11.9. The molecule has 1 heterocycles. The molecule has 2 rings (SSSR count). The van der Waals surface area contributed by atoms with Crippen molar-refractivity contribution < 1.29 is 4.74 Å². The van der Waals surface area contributed by atoms with Crippen molar-refractivity contribution >= 4 is 21.6 Å². The minimum atomic E-state index is 0.294. The topological polar surface area (TPSA) is 38.5 Å². The van der Waals surface area contributed by atoms with Crippen molar-refractivity contribution in [2.45, 2.75) is 19.6 Å². The van der Waals surface area contributed by atoms with Crippen LogP contribution in [0.15, 0.2) is 22.7 Å². The van der Waals surface area contributed by atoms with Crippen LogP contribution in [0.25, 0.3) is 0 Å². The molecule has 3 nitrogen and oxygen atoms in total. The third-order valence-electron chi connectivity index (χ3n) is 2.84. The lowest BCUT2D eigenvalue weighted by molar-refractivity contribution is 0.0532. The highest BCUT2D eigenvalue weighted by atomic mass is 79.9. The summed E-state index contributed by atoms with van der Waals surface area (Å²) in [5.74, 6) is 0. The number of hydrogen-bond donors (Lipinski definition) is 1. The molecule has 1 aromatic carbocycles. The molecule has 1 saturated heterocycles. The molecule has 0 aliphatic carbocycles. The fourth-order valence-electron chi connectivity index (χ4n) is 2.06. The highest BCUT2D eigenvalue weighted by molar-refractivity contribution is 9.10. The van der Waals surface area contributed by atoms with Crippen LogP contribution in [0.2, 0.25) is 0 Å². The van der Waals surface area contributed by atoms with E-state index in [0.29, 0.717) is 12.6 Å². The summed E-state index contributed by atoms with van der Waals surface area (Å²) < 4.78 is 6.63. The van der Waals surface area contributed by atoms with Gasteiger partial charge in [0.05, 0.1) is 12.7 Å². The molecule has 4 heteroatoms. The SMILES string of the molecule is CC1CN(c2ccc(Br)cc2CN)CCO1. The van der Waals surface area contributed by atoms with Crippen molar-refractivity contribution in [2.75, 3.05) is 24.6 Å². The van der Waals surface area contributed by atoms with Crippen LogP contribution in [0.3, 0.4) is 0 Å². The summed E-state index contributed by atoms with van der Waals surface area (Å²) >= 11 is 3.47. The van der Waals surface area contributed by atoms with Gasteiger partial charge >= 0.3 is 0 Å². The second kappa shape index (κ2) is 5.17. The van der Waals surface area contributed by atoms with Crippen LogP contribution in [-0.4, -0.2) is 25.8 Å². The van der Waals surface area contributed by atoms with Crippen LogP contribution in [-0.2, 0) is 11.3 Å². The summed E-state index contributed by atoms with van der Waals surface area (Å²) in [6.07, 6.45) is 0.294. The molecule has 2 N–H and O–H groups in total. The van der Waals surface area contributed by atoms with Crippen LogP contribution >= 0.6 is 15.9 Å². The molecule has 0 bridgehead atoms. The number of benzene rings is 1. The van der Waals surface area contributed by atoms with Gasteiger partial charge < -0.3 is 15.4 Å². The molecule has 0 radical (unpaired) electrons. The molecule has 1 aliphatic heterocycles. The Balaban J connectivity index is 2.24. The fraction of sp³-hybridized carbons (Fsp3) is 0.500. The smallest absolute Gasteiger partial charge is 0.0722 e. The van der Waals surface area contributed by atoms with E-state index in [-0.39, 0.29) is 0 Å². The Morgan fingerprint density at radius 2 is 2.38 bits per heavy atom. The van der Waals surface area contributed by atoms with Gasteiger partial charge in [-0.25, -0.2) is 0 Å². The van der Waals surface area contributed by atoms with Gasteiger partial charge in [0.2, 0.25) is 0 Å². The zero-order valence-electron chi connectivity index (χ0n) is 9.45. The predicted molar refractivity (Wildman–Crippen MR) is 69.7 cm³/mol. The van der Waals surface area contributed by atoms with Gasteiger partial charge in [0, 0.05) is 29.8 Å². The van der Waals surface area contributed by atoms with Crippen molar-refractivity contribution in [3.63, 3.8) is 0 Å². The van der Waals surface area contributed by atoms with Gasteiger partial charge in [0.15, 0.2) is 0 Å². The number of anilines is 1. The second-order valence-electron chi connectivity index (χ2n) is 4.10. The fourth-order valence-corrected chi connectivity index (χ4v) is 2.47. The Hall–Kier alpha value is -0.580. The van der Waals surface area contributed by atoms with E-state index >= 15 is 0 Å². The third kappa shape index (κ3) is 2.56. The van der Waals surface area contributed by atoms with E-state index in [2.05, 4.69) is 46.0 Å². The Bertz CT molecular complexity index is 370. The summed E-state index contributed by atoms with van der Waals surface area (Å²) in [5.41, 5.74) is 8.20. The largest absolute Gasteiger partial charge is 0.375 e. The highest BCUT2D eigenvalue weighted by Crippen LogP contribution is 2.25. The van der Waals surface area contributed by atoms with E-state index in [1.54, 1.807) is 0 Å². The molecule has 1 atom stereocenters. The molecule has 0 amide bonds. The zero-order chi connectivity index (χ0) is 11.5. The van der Waals surface area contributed by atoms with Gasteiger partial charge in [-0.3, -0.25) is 0 Å². The molecule has 0 aromatic heterocycles. The monoisotopic (exact) mass is 284 g/mol. The summed E-state index contributed by atoms with van der Waals surface area (Å²) in [7, 11) is 0. The van der Waals surface area contributed by atoms with Crippen LogP contribution < -0.4 is 10.6 Å². The first-order chi connectivity index (χ1) is 7.70. The summed E-state index contributed by atoms with van der Waals surface area (Å²) in [6, 6.07) is 6.29. The lowest BCUT2D eigenvalue weighted by atomic mass is 10.1. The molecular formula is C12H17BrN2O. The Kier molecular flexibility index (Phi) is 3.84. The summed E-state index contributed by atoms with van der Waals surface area (Å²) in [4.78, 5) is 2.35. The number of hydrogen-bond acceptors (Lipinski definition) is 3. The lowest BCUT2D eigenvalue weighted by Gasteiger charge is -2.34. The van der Waals surface area contributed by atoms with Gasteiger partial charge in [0.25, 0.3) is 0 Å². The number of halogens is 1. The molecule has 0 saturated carbocycles.